The second-order valence-electron chi connectivity index (χ2n) is 10.9. The molecule has 0 unspecified atom stereocenters. The quantitative estimate of drug-likeness (QED) is 0.293. The Kier molecular flexibility index (Phi) is 11.2. The molecule has 2 aliphatic rings. The highest BCUT2D eigenvalue weighted by Crippen LogP contribution is 2.30. The second-order valence-corrected chi connectivity index (χ2v) is 11.8. The minimum atomic E-state index is -0.788. The Morgan fingerprint density at radius 3 is 2.11 bits per heavy atom. The van der Waals surface area contributed by atoms with Crippen molar-refractivity contribution in [3.8, 4) is 22.9 Å². The summed E-state index contributed by atoms with van der Waals surface area (Å²) in [4.78, 5) is 44.3. The van der Waals surface area contributed by atoms with Crippen molar-refractivity contribution < 1.29 is 24.2 Å². The van der Waals surface area contributed by atoms with Crippen LogP contribution in [0.5, 0.6) is 11.6 Å². The summed E-state index contributed by atoms with van der Waals surface area (Å²) >= 11 is 12.6. The largest absolute Gasteiger partial charge is 0.481 e. The van der Waals surface area contributed by atoms with Crippen LogP contribution in [0.15, 0.2) is 42.7 Å². The molecule has 1 aromatic carbocycles. The van der Waals surface area contributed by atoms with Gasteiger partial charge in [0.15, 0.2) is 5.75 Å². The van der Waals surface area contributed by atoms with Gasteiger partial charge in [-0.15, -0.1) is 0 Å². The zero-order valence-electron chi connectivity index (χ0n) is 24.8. The maximum Gasteiger partial charge on any atom is 0.404 e. The molecule has 0 spiro atoms. The Balaban J connectivity index is 1.25. The Morgan fingerprint density at radius 2 is 1.47 bits per heavy atom. The Bertz CT molecular complexity index is 1440. The number of nitrogens with two attached hydrogens (primary N) is 1. The molecule has 4 heterocycles. The lowest BCUT2D eigenvalue weighted by Gasteiger charge is -2.34. The summed E-state index contributed by atoms with van der Waals surface area (Å²) in [5.41, 5.74) is 7.52. The standard InChI is InChI=1S/C30H36Cl2N8O5/c31-23-15-22(16-24(32)17-23)26-13-21(20-39-5-3-38(4-6-39)11-12-44-29(33)43)14-27(36-26)45-25-18-34-30(35-19-25)40-9-7-37(8-10-40)2-1-28(41)42/h13-19H,1-12,20H2,(H2,33,43)(H,41,42). The molecule has 13 nitrogen and oxygen atoms in total. The second kappa shape index (κ2) is 15.5. The first-order valence-electron chi connectivity index (χ1n) is 14.7. The molecule has 2 aromatic heterocycles. The van der Waals surface area contributed by atoms with Gasteiger partial charge in [0, 0.05) is 93.7 Å². The van der Waals surface area contributed by atoms with Crippen LogP contribution in [0.25, 0.3) is 11.3 Å². The van der Waals surface area contributed by atoms with E-state index in [2.05, 4.69) is 29.6 Å². The first-order valence-corrected chi connectivity index (χ1v) is 15.5. The van der Waals surface area contributed by atoms with Gasteiger partial charge >= 0.3 is 12.1 Å². The van der Waals surface area contributed by atoms with Gasteiger partial charge < -0.3 is 25.2 Å². The predicted octanol–water partition coefficient (Wildman–Crippen LogP) is 3.45. The molecule has 3 aromatic rings. The fraction of sp³-hybridized carbons (Fsp3) is 0.433. The predicted molar refractivity (Wildman–Crippen MR) is 170 cm³/mol. The van der Waals surface area contributed by atoms with E-state index >= 15 is 0 Å². The van der Waals surface area contributed by atoms with Crippen molar-refractivity contribution in [1.29, 1.82) is 0 Å². The van der Waals surface area contributed by atoms with E-state index < -0.39 is 12.1 Å². The summed E-state index contributed by atoms with van der Waals surface area (Å²) in [5, 5.41) is 9.95. The minimum Gasteiger partial charge on any atom is -0.481 e. The summed E-state index contributed by atoms with van der Waals surface area (Å²) in [6, 6.07) is 9.23. The summed E-state index contributed by atoms with van der Waals surface area (Å²) in [6.07, 6.45) is 2.64. The number of aliphatic carboxylic acids is 1. The number of carbonyl (C=O) groups is 2. The number of ether oxygens (including phenoxy) is 2. The molecule has 0 aliphatic carbocycles. The number of carboxylic acid groups (broad SMARTS) is 1. The Labute approximate surface area is 271 Å². The number of rotatable bonds is 12. The SMILES string of the molecule is NC(=O)OCCN1CCN(Cc2cc(Oc3cnc(N4CCN(CCC(=O)O)CC4)nc3)nc(-c3cc(Cl)cc(Cl)c3)c2)CC1. The molecule has 0 radical (unpaired) electrons. The van der Waals surface area contributed by atoms with Crippen LogP contribution in [0, 0.1) is 0 Å². The van der Waals surface area contributed by atoms with Crippen LogP contribution in [0.2, 0.25) is 10.0 Å². The van der Waals surface area contributed by atoms with Crippen LogP contribution in [0.4, 0.5) is 10.7 Å². The van der Waals surface area contributed by atoms with Gasteiger partial charge in [-0.25, -0.2) is 19.7 Å². The van der Waals surface area contributed by atoms with Crippen LogP contribution in [0.3, 0.4) is 0 Å². The summed E-state index contributed by atoms with van der Waals surface area (Å²) in [6.45, 7) is 8.44. The van der Waals surface area contributed by atoms with Gasteiger partial charge in [0.25, 0.3) is 0 Å². The van der Waals surface area contributed by atoms with Gasteiger partial charge in [-0.2, -0.15) is 0 Å². The zero-order chi connectivity index (χ0) is 31.8. The van der Waals surface area contributed by atoms with E-state index in [4.69, 9.17) is 48.5 Å². The van der Waals surface area contributed by atoms with Gasteiger partial charge in [0.2, 0.25) is 11.8 Å². The number of hydrogen-bond donors (Lipinski definition) is 2. The van der Waals surface area contributed by atoms with E-state index in [0.717, 1.165) is 50.4 Å². The van der Waals surface area contributed by atoms with Crippen LogP contribution in [-0.2, 0) is 16.1 Å². The minimum absolute atomic E-state index is 0.135. The number of pyridine rings is 1. The van der Waals surface area contributed by atoms with Crippen molar-refractivity contribution in [3.63, 3.8) is 0 Å². The molecule has 0 saturated carbocycles. The number of piperazine rings is 2. The first kappa shape index (κ1) is 32.6. The van der Waals surface area contributed by atoms with Gasteiger partial charge in [0.1, 0.15) is 6.61 Å². The number of benzene rings is 1. The van der Waals surface area contributed by atoms with Gasteiger partial charge in [-0.1, -0.05) is 23.2 Å². The lowest BCUT2D eigenvalue weighted by atomic mass is 10.1. The van der Waals surface area contributed by atoms with Crippen molar-refractivity contribution in [1.82, 2.24) is 29.7 Å². The lowest BCUT2D eigenvalue weighted by molar-refractivity contribution is -0.137. The molecule has 3 N–H and O–H groups in total. The summed E-state index contributed by atoms with van der Waals surface area (Å²) < 4.78 is 11.0. The highest BCUT2D eigenvalue weighted by molar-refractivity contribution is 6.35. The van der Waals surface area contributed by atoms with Gasteiger partial charge in [-0.3, -0.25) is 19.5 Å². The third kappa shape index (κ3) is 9.87. The first-order chi connectivity index (χ1) is 21.7. The Morgan fingerprint density at radius 1 is 0.844 bits per heavy atom. The van der Waals surface area contributed by atoms with Gasteiger partial charge in [0.05, 0.1) is 24.5 Å². The molecular formula is C30H36Cl2N8O5. The molecule has 0 bridgehead atoms. The lowest BCUT2D eigenvalue weighted by Crippen LogP contribution is -2.47. The van der Waals surface area contributed by atoms with Crippen LogP contribution < -0.4 is 15.4 Å². The molecule has 2 fully saturated rings. The molecule has 1 amide bonds. The molecule has 45 heavy (non-hydrogen) atoms. The number of carbonyl (C=O) groups excluding carboxylic acids is 1. The molecule has 2 saturated heterocycles. The molecule has 2 aliphatic heterocycles. The van der Waals surface area contributed by atoms with Crippen LogP contribution >= 0.6 is 23.2 Å². The van der Waals surface area contributed by atoms with Crippen molar-refractivity contribution in [3.05, 3.63) is 58.3 Å². The maximum atomic E-state index is 10.9. The molecule has 5 rings (SSSR count). The van der Waals surface area contributed by atoms with E-state index in [1.165, 1.54) is 0 Å². The van der Waals surface area contributed by atoms with Crippen molar-refractivity contribution in [2.24, 2.45) is 5.73 Å². The normalized spacial score (nSPS) is 16.4. The molecule has 0 atom stereocenters. The van der Waals surface area contributed by atoms with Gasteiger partial charge in [-0.05, 0) is 29.8 Å². The van der Waals surface area contributed by atoms with Crippen molar-refractivity contribution >= 4 is 41.2 Å². The number of hydrogen-bond acceptors (Lipinski definition) is 11. The summed E-state index contributed by atoms with van der Waals surface area (Å²) in [5.74, 6) is 0.648. The maximum absolute atomic E-state index is 10.9. The van der Waals surface area contributed by atoms with Crippen LogP contribution in [-0.4, -0.2) is 119 Å². The van der Waals surface area contributed by atoms with E-state index in [1.54, 1.807) is 18.5 Å². The van der Waals surface area contributed by atoms with Crippen LogP contribution in [0.1, 0.15) is 12.0 Å². The number of halogens is 2. The zero-order valence-corrected chi connectivity index (χ0v) is 26.3. The van der Waals surface area contributed by atoms with E-state index in [0.29, 0.717) is 66.0 Å². The molecule has 15 heteroatoms. The number of carboxylic acids is 1. The number of anilines is 1. The molecular weight excluding hydrogens is 623 g/mol. The average molecular weight is 660 g/mol. The topological polar surface area (TPSA) is 150 Å². The number of nitrogens with zero attached hydrogens (tertiary/aromatic N) is 7. The van der Waals surface area contributed by atoms with E-state index in [-0.39, 0.29) is 13.0 Å². The highest BCUT2D eigenvalue weighted by atomic mass is 35.5. The molecule has 240 valence electrons. The number of amides is 1. The fourth-order valence-corrected chi connectivity index (χ4v) is 5.85. The number of primary amides is 1. The van der Waals surface area contributed by atoms with Crippen molar-refractivity contribution in [2.75, 3.05) is 77.0 Å². The third-order valence-electron chi connectivity index (χ3n) is 7.68. The third-order valence-corrected chi connectivity index (χ3v) is 8.11. The number of aromatic nitrogens is 3. The monoisotopic (exact) mass is 658 g/mol. The van der Waals surface area contributed by atoms with E-state index in [1.807, 2.05) is 24.3 Å². The average Bonchev–Trinajstić information content (AvgIpc) is 3.01. The fourth-order valence-electron chi connectivity index (χ4n) is 5.33. The van der Waals surface area contributed by atoms with Crippen molar-refractivity contribution in [2.45, 2.75) is 13.0 Å². The Hall–Kier alpha value is -3.75. The highest BCUT2D eigenvalue weighted by Gasteiger charge is 2.21. The smallest absolute Gasteiger partial charge is 0.404 e. The van der Waals surface area contributed by atoms with E-state index in [9.17, 15) is 9.59 Å². The summed E-state index contributed by atoms with van der Waals surface area (Å²) in [7, 11) is 0.